The van der Waals surface area contributed by atoms with E-state index in [9.17, 15) is 4.79 Å². The minimum atomic E-state index is -0.0576. The molecule has 1 saturated heterocycles. The van der Waals surface area contributed by atoms with E-state index in [1.807, 2.05) is 24.3 Å². The number of halogens is 3. The quantitative estimate of drug-likeness (QED) is 0.778. The third kappa shape index (κ3) is 5.07. The number of benzene rings is 1. The molecule has 0 saturated carbocycles. The van der Waals surface area contributed by atoms with Crippen molar-refractivity contribution >= 4 is 56.5 Å². The number of hydrogen-bond acceptors (Lipinski definition) is 4. The average Bonchev–Trinajstić information content (AvgIpc) is 2.60. The van der Waals surface area contributed by atoms with E-state index in [0.717, 1.165) is 36.3 Å². The van der Waals surface area contributed by atoms with Crippen LogP contribution in [0.15, 0.2) is 41.0 Å². The van der Waals surface area contributed by atoms with Gasteiger partial charge in [-0.15, -0.1) is 0 Å². The van der Waals surface area contributed by atoms with Gasteiger partial charge in [0.15, 0.2) is 0 Å². The fourth-order valence-electron chi connectivity index (χ4n) is 2.68. The number of pyridine rings is 1. The first-order valence-electron chi connectivity index (χ1n) is 7.85. The first kappa shape index (κ1) is 18.5. The highest BCUT2D eigenvalue weighted by molar-refractivity contribution is 9.10. The number of carbonyl (C=O) groups excluding carboxylic acids is 1. The summed E-state index contributed by atoms with van der Waals surface area (Å²) in [5.74, 6) is 0.500. The Morgan fingerprint density at radius 3 is 2.52 bits per heavy atom. The van der Waals surface area contributed by atoms with Crippen LogP contribution >= 0.6 is 39.1 Å². The van der Waals surface area contributed by atoms with Gasteiger partial charge in [-0.2, -0.15) is 0 Å². The first-order valence-corrected chi connectivity index (χ1v) is 9.40. The molecule has 0 spiro atoms. The molecule has 2 heterocycles. The molecule has 0 aliphatic carbocycles. The van der Waals surface area contributed by atoms with E-state index in [2.05, 4.69) is 36.0 Å². The van der Waals surface area contributed by atoms with Crippen LogP contribution in [0.25, 0.3) is 0 Å². The monoisotopic (exact) mass is 442 g/mol. The summed E-state index contributed by atoms with van der Waals surface area (Å²) in [5, 5.41) is 3.93. The van der Waals surface area contributed by atoms with Gasteiger partial charge in [-0.3, -0.25) is 9.69 Å². The molecule has 1 aromatic heterocycles. The van der Waals surface area contributed by atoms with Crippen molar-refractivity contribution in [2.45, 2.75) is 0 Å². The maximum atomic E-state index is 12.1. The number of rotatable bonds is 4. The molecule has 8 heteroatoms. The molecule has 3 rings (SSSR count). The zero-order valence-corrected chi connectivity index (χ0v) is 16.5. The van der Waals surface area contributed by atoms with Crippen molar-refractivity contribution in [3.63, 3.8) is 0 Å². The SMILES string of the molecule is O=C(CN1CCN(c2ccc(Cl)c(Cl)c2)CC1)Nc1ccc(Br)cn1. The number of anilines is 2. The van der Waals surface area contributed by atoms with Gasteiger partial charge in [-0.25, -0.2) is 4.98 Å². The Hall–Kier alpha value is -1.34. The molecule has 1 aliphatic heterocycles. The summed E-state index contributed by atoms with van der Waals surface area (Å²) in [6.07, 6.45) is 1.66. The number of amides is 1. The van der Waals surface area contributed by atoms with Crippen molar-refractivity contribution < 1.29 is 4.79 Å². The van der Waals surface area contributed by atoms with Gasteiger partial charge in [0, 0.05) is 42.5 Å². The predicted molar refractivity (Wildman–Crippen MR) is 106 cm³/mol. The molecular formula is C17H17BrCl2N4O. The average molecular weight is 444 g/mol. The van der Waals surface area contributed by atoms with Crippen LogP contribution in [-0.2, 0) is 4.79 Å². The molecular weight excluding hydrogens is 427 g/mol. The van der Waals surface area contributed by atoms with E-state index < -0.39 is 0 Å². The van der Waals surface area contributed by atoms with Crippen molar-refractivity contribution in [2.24, 2.45) is 0 Å². The number of piperazine rings is 1. The maximum absolute atomic E-state index is 12.1. The van der Waals surface area contributed by atoms with E-state index in [4.69, 9.17) is 23.2 Å². The van der Waals surface area contributed by atoms with Gasteiger partial charge >= 0.3 is 0 Å². The highest BCUT2D eigenvalue weighted by Crippen LogP contribution is 2.27. The fourth-order valence-corrected chi connectivity index (χ4v) is 3.21. The van der Waals surface area contributed by atoms with Crippen molar-refractivity contribution in [3.8, 4) is 0 Å². The van der Waals surface area contributed by atoms with Crippen LogP contribution in [0, 0.1) is 0 Å². The van der Waals surface area contributed by atoms with Crippen LogP contribution in [0.5, 0.6) is 0 Å². The summed E-state index contributed by atoms with van der Waals surface area (Å²) in [7, 11) is 0. The van der Waals surface area contributed by atoms with E-state index in [1.54, 1.807) is 12.3 Å². The lowest BCUT2D eigenvalue weighted by Gasteiger charge is -2.35. The van der Waals surface area contributed by atoms with Crippen molar-refractivity contribution in [2.75, 3.05) is 42.9 Å². The van der Waals surface area contributed by atoms with Crippen LogP contribution in [0.4, 0.5) is 11.5 Å². The summed E-state index contributed by atoms with van der Waals surface area (Å²) in [5.41, 5.74) is 1.05. The second kappa shape index (κ2) is 8.36. The highest BCUT2D eigenvalue weighted by atomic mass is 79.9. The van der Waals surface area contributed by atoms with Crippen molar-refractivity contribution in [1.82, 2.24) is 9.88 Å². The Kier molecular flexibility index (Phi) is 6.17. The number of aromatic nitrogens is 1. The molecule has 0 bridgehead atoms. The minimum Gasteiger partial charge on any atom is -0.369 e. The molecule has 1 aromatic carbocycles. The molecule has 0 atom stereocenters. The van der Waals surface area contributed by atoms with Crippen LogP contribution in [0.2, 0.25) is 10.0 Å². The Labute approximate surface area is 165 Å². The number of hydrogen-bond donors (Lipinski definition) is 1. The first-order chi connectivity index (χ1) is 12.0. The largest absolute Gasteiger partial charge is 0.369 e. The normalized spacial score (nSPS) is 15.2. The second-order valence-electron chi connectivity index (χ2n) is 5.77. The third-order valence-corrected chi connectivity index (χ3v) is 5.21. The smallest absolute Gasteiger partial charge is 0.239 e. The number of carbonyl (C=O) groups is 1. The van der Waals surface area contributed by atoms with Gasteiger partial charge in [-0.1, -0.05) is 23.2 Å². The van der Waals surface area contributed by atoms with Gasteiger partial charge in [-0.05, 0) is 46.3 Å². The zero-order chi connectivity index (χ0) is 17.8. The van der Waals surface area contributed by atoms with Gasteiger partial charge in [0.2, 0.25) is 5.91 Å². The third-order valence-electron chi connectivity index (χ3n) is 4.00. The summed E-state index contributed by atoms with van der Waals surface area (Å²) in [6.45, 7) is 3.64. The Bertz CT molecular complexity index is 749. The van der Waals surface area contributed by atoms with Gasteiger partial charge in [0.25, 0.3) is 0 Å². The maximum Gasteiger partial charge on any atom is 0.239 e. The zero-order valence-electron chi connectivity index (χ0n) is 13.4. The Morgan fingerprint density at radius 1 is 1.12 bits per heavy atom. The topological polar surface area (TPSA) is 48.5 Å². The van der Waals surface area contributed by atoms with E-state index in [0.29, 0.717) is 22.4 Å². The minimum absolute atomic E-state index is 0.0576. The van der Waals surface area contributed by atoms with Crippen LogP contribution < -0.4 is 10.2 Å². The molecule has 1 amide bonds. The predicted octanol–water partition coefficient (Wildman–Crippen LogP) is 3.91. The standard InChI is InChI=1S/C17H17BrCl2N4O/c18-12-1-4-16(21-10-12)22-17(25)11-23-5-7-24(8-6-23)13-2-3-14(19)15(20)9-13/h1-4,9-10H,5-8,11H2,(H,21,22,25). The number of nitrogens with one attached hydrogen (secondary N) is 1. The van der Waals surface area contributed by atoms with E-state index in [-0.39, 0.29) is 5.91 Å². The molecule has 1 fully saturated rings. The Balaban J connectivity index is 1.49. The summed E-state index contributed by atoms with van der Waals surface area (Å²) in [6, 6.07) is 9.27. The van der Waals surface area contributed by atoms with E-state index in [1.165, 1.54) is 0 Å². The second-order valence-corrected chi connectivity index (χ2v) is 7.50. The van der Waals surface area contributed by atoms with Crippen LogP contribution in [-0.4, -0.2) is 48.5 Å². The molecule has 5 nitrogen and oxygen atoms in total. The summed E-state index contributed by atoms with van der Waals surface area (Å²) < 4.78 is 0.879. The molecule has 25 heavy (non-hydrogen) atoms. The lowest BCUT2D eigenvalue weighted by Crippen LogP contribution is -2.48. The lowest BCUT2D eigenvalue weighted by atomic mass is 10.2. The fraction of sp³-hybridized carbons (Fsp3) is 0.294. The lowest BCUT2D eigenvalue weighted by molar-refractivity contribution is -0.117. The molecule has 0 radical (unpaired) electrons. The summed E-state index contributed by atoms with van der Waals surface area (Å²) >= 11 is 15.4. The van der Waals surface area contributed by atoms with Crippen molar-refractivity contribution in [3.05, 3.63) is 51.0 Å². The van der Waals surface area contributed by atoms with Gasteiger partial charge in [0.05, 0.1) is 16.6 Å². The van der Waals surface area contributed by atoms with E-state index >= 15 is 0 Å². The van der Waals surface area contributed by atoms with Gasteiger partial charge in [0.1, 0.15) is 5.82 Å². The number of nitrogens with zero attached hydrogens (tertiary/aromatic N) is 3. The highest BCUT2D eigenvalue weighted by Gasteiger charge is 2.19. The molecule has 1 N–H and O–H groups in total. The molecule has 2 aromatic rings. The van der Waals surface area contributed by atoms with Crippen LogP contribution in [0.3, 0.4) is 0 Å². The summed E-state index contributed by atoms with van der Waals surface area (Å²) in [4.78, 5) is 20.7. The molecule has 0 unspecified atom stereocenters. The molecule has 132 valence electrons. The molecule has 1 aliphatic rings. The van der Waals surface area contributed by atoms with Crippen molar-refractivity contribution in [1.29, 1.82) is 0 Å². The Morgan fingerprint density at radius 2 is 1.88 bits per heavy atom. The van der Waals surface area contributed by atoms with Crippen LogP contribution in [0.1, 0.15) is 0 Å². The van der Waals surface area contributed by atoms with Gasteiger partial charge < -0.3 is 10.2 Å².